The number of hydrogen-bond donors (Lipinski definition) is 0. The molecule has 0 saturated heterocycles. The van der Waals surface area contributed by atoms with Crippen molar-refractivity contribution in [3.05, 3.63) is 66.3 Å². The molecule has 0 aliphatic heterocycles. The normalized spacial score (nSPS) is 22.4. The lowest BCUT2D eigenvalue weighted by Crippen LogP contribution is -2.23. The molecular weight excluding hydrogens is 452 g/mol. The topological polar surface area (TPSA) is 46.2 Å². The van der Waals surface area contributed by atoms with Gasteiger partial charge in [0.2, 0.25) is 0 Å². The third kappa shape index (κ3) is 7.22. The summed E-state index contributed by atoms with van der Waals surface area (Å²) in [5, 5.41) is 4.61. The van der Waals surface area contributed by atoms with Crippen LogP contribution in [-0.2, 0) is 14.8 Å². The fraction of sp³-hybridized carbons (Fsp3) is 0.484. The van der Waals surface area contributed by atoms with E-state index in [0.717, 1.165) is 28.9 Å². The molecule has 4 rings (SSSR count). The van der Waals surface area contributed by atoms with Crippen LogP contribution in [0.5, 0.6) is 11.5 Å². The molecule has 0 N–H and O–H groups in total. The lowest BCUT2D eigenvalue weighted by molar-refractivity contribution is -0.453. The molecule has 0 spiro atoms. The molecule has 194 valence electrons. The van der Waals surface area contributed by atoms with E-state index in [4.69, 9.17) is 14.7 Å². The first-order chi connectivity index (χ1) is 17.7. The number of allylic oxidation sites excluding steroid dienone is 4. The molecule has 0 bridgehead atoms. The van der Waals surface area contributed by atoms with Crippen molar-refractivity contribution in [2.24, 2.45) is 17.8 Å². The van der Waals surface area contributed by atoms with E-state index in [9.17, 15) is 0 Å². The maximum Gasteiger partial charge on any atom is 0.173 e. The Morgan fingerprint density at radius 2 is 1.50 bits per heavy atom. The van der Waals surface area contributed by atoms with Crippen molar-refractivity contribution < 1.29 is 24.6 Å². The minimum absolute atomic E-state index is 0.457. The predicted molar refractivity (Wildman–Crippen MR) is 143 cm³/mol. The summed E-state index contributed by atoms with van der Waals surface area (Å²) in [4.78, 5) is 19.7. The van der Waals surface area contributed by atoms with Crippen molar-refractivity contribution >= 4 is 5.57 Å². The minimum atomic E-state index is 0.457. The Balaban J connectivity index is 1.35. The molecule has 0 heterocycles. The Labute approximate surface area is 215 Å². The molecule has 1 unspecified atom stereocenters. The highest BCUT2D eigenvalue weighted by atomic mass is 17.5. The van der Waals surface area contributed by atoms with E-state index in [1.54, 1.807) is 6.07 Å². The van der Waals surface area contributed by atoms with Crippen molar-refractivity contribution in [2.75, 3.05) is 14.2 Å². The van der Waals surface area contributed by atoms with E-state index in [1.807, 2.05) is 12.1 Å². The smallest absolute Gasteiger partial charge is 0.173 e. The summed E-state index contributed by atoms with van der Waals surface area (Å²) in [6, 6.07) is 14.2. The molecule has 1 fully saturated rings. The SMILES string of the molecule is C/C=C/CCC1CCC(C2CC=C(c3ccc(-c4cc(OOC)cc(OOOC)c4)cc3)CC2)CC1. The zero-order valence-corrected chi connectivity index (χ0v) is 21.9. The van der Waals surface area contributed by atoms with E-state index in [0.29, 0.717) is 11.5 Å². The molecule has 5 nitrogen and oxygen atoms in total. The predicted octanol–water partition coefficient (Wildman–Crippen LogP) is 8.51. The summed E-state index contributed by atoms with van der Waals surface area (Å²) in [6.07, 6.45) is 19.1. The van der Waals surface area contributed by atoms with Gasteiger partial charge in [0.05, 0.1) is 14.2 Å². The molecule has 2 aromatic carbocycles. The van der Waals surface area contributed by atoms with Crippen LogP contribution in [0.2, 0.25) is 0 Å². The molecule has 2 aromatic rings. The summed E-state index contributed by atoms with van der Waals surface area (Å²) >= 11 is 0. The van der Waals surface area contributed by atoms with Crippen molar-refractivity contribution in [2.45, 2.75) is 64.7 Å². The molecule has 0 radical (unpaired) electrons. The van der Waals surface area contributed by atoms with E-state index >= 15 is 0 Å². The summed E-state index contributed by atoms with van der Waals surface area (Å²) in [5.74, 6) is 3.70. The van der Waals surface area contributed by atoms with Crippen molar-refractivity contribution in [1.82, 2.24) is 0 Å². The monoisotopic (exact) mass is 492 g/mol. The van der Waals surface area contributed by atoms with Crippen LogP contribution in [-0.4, -0.2) is 14.2 Å². The molecular formula is C31H40O5. The molecule has 0 aromatic heterocycles. The van der Waals surface area contributed by atoms with Crippen molar-refractivity contribution in [1.29, 1.82) is 0 Å². The van der Waals surface area contributed by atoms with Crippen molar-refractivity contribution in [3.63, 3.8) is 0 Å². The van der Waals surface area contributed by atoms with Gasteiger partial charge in [0.25, 0.3) is 0 Å². The first-order valence-corrected chi connectivity index (χ1v) is 13.3. The molecule has 1 atom stereocenters. The van der Waals surface area contributed by atoms with Gasteiger partial charge >= 0.3 is 0 Å². The van der Waals surface area contributed by atoms with Crippen LogP contribution in [0, 0.1) is 17.8 Å². The maximum atomic E-state index is 5.21. The van der Waals surface area contributed by atoms with Crippen LogP contribution in [0.25, 0.3) is 16.7 Å². The molecule has 36 heavy (non-hydrogen) atoms. The van der Waals surface area contributed by atoms with Gasteiger partial charge in [-0.15, -0.1) is 0 Å². The second-order valence-corrected chi connectivity index (χ2v) is 10.0. The average Bonchev–Trinajstić information content (AvgIpc) is 2.93. The fourth-order valence-corrected chi connectivity index (χ4v) is 5.87. The summed E-state index contributed by atoms with van der Waals surface area (Å²) < 4.78 is 0. The van der Waals surface area contributed by atoms with Gasteiger partial charge in [0, 0.05) is 6.07 Å². The Bertz CT molecular complexity index is 1000. The highest BCUT2D eigenvalue weighted by molar-refractivity contribution is 5.72. The Kier molecular flexibility index (Phi) is 10.0. The number of hydrogen-bond acceptors (Lipinski definition) is 5. The van der Waals surface area contributed by atoms with Gasteiger partial charge in [0.15, 0.2) is 11.5 Å². The largest absolute Gasteiger partial charge is 0.338 e. The second kappa shape index (κ2) is 13.6. The fourth-order valence-electron chi connectivity index (χ4n) is 5.87. The van der Waals surface area contributed by atoms with Crippen LogP contribution in [0.15, 0.2) is 60.7 Å². The molecule has 2 aliphatic rings. The molecule has 0 amide bonds. The third-order valence-electron chi connectivity index (χ3n) is 7.83. The van der Waals surface area contributed by atoms with Gasteiger partial charge in [-0.05, 0) is 109 Å². The Hall–Kier alpha value is -2.60. The lowest BCUT2D eigenvalue weighted by atomic mass is 9.70. The van der Waals surface area contributed by atoms with E-state index in [2.05, 4.69) is 59.3 Å². The van der Waals surface area contributed by atoms with E-state index in [1.165, 1.54) is 83.1 Å². The highest BCUT2D eigenvalue weighted by Crippen LogP contribution is 2.42. The highest BCUT2D eigenvalue weighted by Gasteiger charge is 2.28. The minimum Gasteiger partial charge on any atom is -0.338 e. The molecule has 1 saturated carbocycles. The summed E-state index contributed by atoms with van der Waals surface area (Å²) in [5.41, 5.74) is 4.79. The second-order valence-electron chi connectivity index (χ2n) is 10.0. The van der Waals surface area contributed by atoms with Gasteiger partial charge in [-0.2, -0.15) is 9.78 Å². The summed E-state index contributed by atoms with van der Waals surface area (Å²) in [6.45, 7) is 2.12. The maximum absolute atomic E-state index is 5.21. The Morgan fingerprint density at radius 3 is 2.14 bits per heavy atom. The zero-order valence-electron chi connectivity index (χ0n) is 21.9. The number of benzene rings is 2. The third-order valence-corrected chi connectivity index (χ3v) is 7.83. The Morgan fingerprint density at radius 1 is 0.778 bits per heavy atom. The van der Waals surface area contributed by atoms with Crippen LogP contribution in [0.3, 0.4) is 0 Å². The number of rotatable bonds is 11. The van der Waals surface area contributed by atoms with E-state index < -0.39 is 0 Å². The van der Waals surface area contributed by atoms with Gasteiger partial charge < -0.3 is 9.78 Å². The van der Waals surface area contributed by atoms with Crippen LogP contribution in [0.4, 0.5) is 0 Å². The van der Waals surface area contributed by atoms with Gasteiger partial charge in [-0.25, -0.2) is 0 Å². The summed E-state index contributed by atoms with van der Waals surface area (Å²) in [7, 11) is 2.85. The molecule has 2 aliphatic carbocycles. The van der Waals surface area contributed by atoms with Crippen LogP contribution < -0.4 is 9.78 Å². The first-order valence-electron chi connectivity index (χ1n) is 13.3. The van der Waals surface area contributed by atoms with Crippen LogP contribution in [0.1, 0.15) is 70.3 Å². The standard InChI is InChI=1S/C31H40O5/c1-4-5-6-7-23-8-10-24(11-9-23)25-12-14-26(15-13-25)27-16-18-28(19-17-27)29-20-30(34-32-2)22-31(21-29)35-36-33-3/h4-5,14,16-25H,6-13,15H2,1-3H3/b5-4+. The van der Waals surface area contributed by atoms with Gasteiger partial charge in [0.1, 0.15) is 0 Å². The van der Waals surface area contributed by atoms with E-state index in [-0.39, 0.29) is 0 Å². The van der Waals surface area contributed by atoms with Gasteiger partial charge in [-0.3, -0.25) is 0 Å². The zero-order chi connectivity index (χ0) is 25.2. The van der Waals surface area contributed by atoms with Gasteiger partial charge in [-0.1, -0.05) is 55.3 Å². The lowest BCUT2D eigenvalue weighted by Gasteiger charge is -2.35. The quantitative estimate of drug-likeness (QED) is 0.179. The van der Waals surface area contributed by atoms with Crippen molar-refractivity contribution in [3.8, 4) is 22.6 Å². The average molecular weight is 493 g/mol. The first kappa shape index (κ1) is 26.5. The molecule has 5 heteroatoms. The van der Waals surface area contributed by atoms with Crippen LogP contribution >= 0.6 is 0 Å².